The summed E-state index contributed by atoms with van der Waals surface area (Å²) in [6.07, 6.45) is -4.58. The summed E-state index contributed by atoms with van der Waals surface area (Å²) in [7, 11) is 0. The lowest BCUT2D eigenvalue weighted by molar-refractivity contribution is -0.141. The van der Waals surface area contributed by atoms with Crippen LogP contribution < -0.4 is 0 Å². The maximum atomic E-state index is 12.4. The van der Waals surface area contributed by atoms with Gasteiger partial charge in [-0.1, -0.05) is 0 Å². The van der Waals surface area contributed by atoms with E-state index in [1.807, 2.05) is 0 Å². The van der Waals surface area contributed by atoms with Crippen LogP contribution in [0.4, 0.5) is 13.2 Å². The molecular formula is C9H6F3N3O2. The fraction of sp³-hybridized carbons (Fsp3) is 0.222. The van der Waals surface area contributed by atoms with Crippen LogP contribution in [0.5, 0.6) is 0 Å². The molecule has 0 unspecified atom stereocenters. The Labute approximate surface area is 92.5 Å². The Morgan fingerprint density at radius 1 is 1.41 bits per heavy atom. The van der Waals surface area contributed by atoms with Gasteiger partial charge in [-0.15, -0.1) is 0 Å². The Morgan fingerprint density at radius 3 is 2.59 bits per heavy atom. The Morgan fingerprint density at radius 2 is 2.06 bits per heavy atom. The summed E-state index contributed by atoms with van der Waals surface area (Å²) < 4.78 is 38.1. The molecule has 0 spiro atoms. The van der Waals surface area contributed by atoms with Crippen molar-refractivity contribution in [1.82, 2.24) is 14.6 Å². The van der Waals surface area contributed by atoms with Gasteiger partial charge in [-0.25, -0.2) is 14.3 Å². The highest BCUT2D eigenvalue weighted by Crippen LogP contribution is 2.28. The lowest BCUT2D eigenvalue weighted by Gasteiger charge is -2.00. The van der Waals surface area contributed by atoms with E-state index in [1.165, 1.54) is 6.92 Å². The van der Waals surface area contributed by atoms with Crippen molar-refractivity contribution in [3.05, 3.63) is 29.2 Å². The molecule has 2 aromatic heterocycles. The molecule has 0 radical (unpaired) electrons. The Bertz CT molecular complexity index is 603. The van der Waals surface area contributed by atoms with Crippen molar-refractivity contribution in [2.24, 2.45) is 0 Å². The van der Waals surface area contributed by atoms with E-state index in [9.17, 15) is 18.0 Å². The Hall–Kier alpha value is -2.12. The molecule has 0 aliphatic heterocycles. The van der Waals surface area contributed by atoms with Crippen LogP contribution in [0.25, 0.3) is 5.65 Å². The fourth-order valence-electron chi connectivity index (χ4n) is 1.37. The molecule has 0 bridgehead atoms. The molecule has 8 heteroatoms. The number of hydrogen-bond donors (Lipinski definition) is 1. The van der Waals surface area contributed by atoms with Crippen LogP contribution in [-0.4, -0.2) is 25.7 Å². The number of aromatic nitrogens is 3. The van der Waals surface area contributed by atoms with E-state index >= 15 is 0 Å². The first-order valence-corrected chi connectivity index (χ1v) is 4.47. The van der Waals surface area contributed by atoms with Crippen LogP contribution in [0.3, 0.4) is 0 Å². The van der Waals surface area contributed by atoms with Crippen molar-refractivity contribution >= 4 is 11.6 Å². The quantitative estimate of drug-likeness (QED) is 0.831. The highest BCUT2D eigenvalue weighted by atomic mass is 19.4. The number of halogens is 3. The minimum absolute atomic E-state index is 0.144. The van der Waals surface area contributed by atoms with Gasteiger partial charge in [0.2, 0.25) is 0 Å². The van der Waals surface area contributed by atoms with Gasteiger partial charge in [0, 0.05) is 11.8 Å². The summed E-state index contributed by atoms with van der Waals surface area (Å²) in [4.78, 5) is 14.3. The summed E-state index contributed by atoms with van der Waals surface area (Å²) in [5, 5.41) is 12.0. The largest absolute Gasteiger partial charge is 0.477 e. The van der Waals surface area contributed by atoms with Gasteiger partial charge in [-0.2, -0.15) is 18.3 Å². The number of aryl methyl sites for hydroxylation is 1. The average molecular weight is 245 g/mol. The molecule has 0 aliphatic rings. The lowest BCUT2D eigenvalue weighted by atomic mass is 10.3. The zero-order valence-electron chi connectivity index (χ0n) is 8.49. The van der Waals surface area contributed by atoms with Crippen molar-refractivity contribution < 1.29 is 23.1 Å². The third kappa shape index (κ3) is 1.93. The second-order valence-electron chi connectivity index (χ2n) is 3.39. The standard InChI is InChI=1S/C9H6F3N3O2/c1-4-2-5(8(16)17)13-7-3-6(9(10,11)12)14-15(4)7/h2-3H,1H3,(H,16,17). The van der Waals surface area contributed by atoms with Crippen molar-refractivity contribution in [2.45, 2.75) is 13.1 Å². The molecule has 0 saturated heterocycles. The van der Waals surface area contributed by atoms with Crippen molar-refractivity contribution in [2.75, 3.05) is 0 Å². The fourth-order valence-corrected chi connectivity index (χ4v) is 1.37. The molecule has 17 heavy (non-hydrogen) atoms. The van der Waals surface area contributed by atoms with E-state index in [-0.39, 0.29) is 17.0 Å². The topological polar surface area (TPSA) is 67.5 Å². The third-order valence-electron chi connectivity index (χ3n) is 2.11. The number of carbonyl (C=O) groups is 1. The zero-order valence-corrected chi connectivity index (χ0v) is 8.49. The van der Waals surface area contributed by atoms with Gasteiger partial charge < -0.3 is 5.11 Å². The maximum absolute atomic E-state index is 12.4. The van der Waals surface area contributed by atoms with Gasteiger partial charge in [-0.3, -0.25) is 0 Å². The summed E-state index contributed by atoms with van der Waals surface area (Å²) in [6, 6.07) is 1.86. The van der Waals surface area contributed by atoms with E-state index in [0.717, 1.165) is 10.6 Å². The van der Waals surface area contributed by atoms with Crippen LogP contribution >= 0.6 is 0 Å². The molecule has 2 aromatic rings. The van der Waals surface area contributed by atoms with E-state index in [1.54, 1.807) is 0 Å². The van der Waals surface area contributed by atoms with Crippen LogP contribution in [0.1, 0.15) is 21.9 Å². The number of aromatic carboxylic acids is 1. The smallest absolute Gasteiger partial charge is 0.435 e. The highest BCUT2D eigenvalue weighted by Gasteiger charge is 2.34. The molecule has 0 aromatic carbocycles. The van der Waals surface area contributed by atoms with Gasteiger partial charge in [-0.05, 0) is 13.0 Å². The first-order valence-electron chi connectivity index (χ1n) is 4.47. The van der Waals surface area contributed by atoms with E-state index in [2.05, 4.69) is 10.1 Å². The summed E-state index contributed by atoms with van der Waals surface area (Å²) >= 11 is 0. The van der Waals surface area contributed by atoms with Crippen LogP contribution in [0.2, 0.25) is 0 Å². The number of fused-ring (bicyclic) bond motifs is 1. The molecular weight excluding hydrogens is 239 g/mol. The first-order chi connectivity index (χ1) is 7.79. The predicted octanol–water partition coefficient (Wildman–Crippen LogP) is 1.75. The number of alkyl halides is 3. The van der Waals surface area contributed by atoms with E-state index < -0.39 is 17.8 Å². The summed E-state index contributed by atoms with van der Waals surface area (Å²) in [5.74, 6) is -1.30. The molecule has 2 rings (SSSR count). The molecule has 0 aliphatic carbocycles. The normalized spacial score (nSPS) is 12.0. The summed E-state index contributed by atoms with van der Waals surface area (Å²) in [5.41, 5.74) is -1.29. The van der Waals surface area contributed by atoms with Crippen molar-refractivity contribution in [3.8, 4) is 0 Å². The monoisotopic (exact) mass is 245 g/mol. The van der Waals surface area contributed by atoms with Gasteiger partial charge in [0.1, 0.15) is 0 Å². The SMILES string of the molecule is Cc1cc(C(=O)O)nc2cc(C(F)(F)F)nn12. The molecule has 1 N–H and O–H groups in total. The maximum Gasteiger partial charge on any atom is 0.435 e. The predicted molar refractivity (Wildman–Crippen MR) is 49.7 cm³/mol. The average Bonchev–Trinajstić information content (AvgIpc) is 2.60. The molecule has 2 heterocycles. The second kappa shape index (κ2) is 3.44. The number of nitrogens with zero attached hydrogens (tertiary/aromatic N) is 3. The lowest BCUT2D eigenvalue weighted by Crippen LogP contribution is -2.07. The number of carboxylic acid groups (broad SMARTS) is 1. The molecule has 0 saturated carbocycles. The second-order valence-corrected chi connectivity index (χ2v) is 3.39. The number of carboxylic acids is 1. The van der Waals surface area contributed by atoms with Gasteiger partial charge in [0.05, 0.1) is 0 Å². The Balaban J connectivity index is 2.69. The molecule has 0 amide bonds. The minimum atomic E-state index is -4.58. The van der Waals surface area contributed by atoms with Crippen LogP contribution in [0.15, 0.2) is 12.1 Å². The molecule has 90 valence electrons. The molecule has 0 atom stereocenters. The van der Waals surface area contributed by atoms with Crippen LogP contribution in [-0.2, 0) is 6.18 Å². The van der Waals surface area contributed by atoms with Gasteiger partial charge >= 0.3 is 12.1 Å². The molecule has 5 nitrogen and oxygen atoms in total. The van der Waals surface area contributed by atoms with Gasteiger partial charge in [0.15, 0.2) is 17.0 Å². The summed E-state index contributed by atoms with van der Waals surface area (Å²) in [6.45, 7) is 1.45. The number of rotatable bonds is 1. The van der Waals surface area contributed by atoms with E-state index in [0.29, 0.717) is 6.07 Å². The van der Waals surface area contributed by atoms with E-state index in [4.69, 9.17) is 5.11 Å². The van der Waals surface area contributed by atoms with Crippen molar-refractivity contribution in [3.63, 3.8) is 0 Å². The Kier molecular flexibility index (Phi) is 2.30. The van der Waals surface area contributed by atoms with Crippen LogP contribution in [0, 0.1) is 6.92 Å². The zero-order chi connectivity index (χ0) is 12.8. The van der Waals surface area contributed by atoms with Gasteiger partial charge in [0.25, 0.3) is 0 Å². The van der Waals surface area contributed by atoms with Crippen molar-refractivity contribution in [1.29, 1.82) is 0 Å². The highest BCUT2D eigenvalue weighted by molar-refractivity contribution is 5.86. The minimum Gasteiger partial charge on any atom is -0.477 e. The first kappa shape index (κ1) is 11.4. The molecule has 0 fully saturated rings. The third-order valence-corrected chi connectivity index (χ3v) is 2.11. The number of hydrogen-bond acceptors (Lipinski definition) is 3.